The smallest absolute Gasteiger partial charge is 0.306 e. The van der Waals surface area contributed by atoms with Crippen molar-refractivity contribution in [2.75, 3.05) is 11.9 Å². The SMILES string of the molecule is O=C(Nc1ccc(F)c([N+](=O)[O-])c1)[C@@H]1CCCO1. The first-order valence-electron chi connectivity index (χ1n) is 5.44. The second-order valence-corrected chi connectivity index (χ2v) is 3.91. The maximum Gasteiger partial charge on any atom is 0.306 e. The average molecular weight is 254 g/mol. The third-order valence-electron chi connectivity index (χ3n) is 2.63. The molecule has 1 heterocycles. The highest BCUT2D eigenvalue weighted by molar-refractivity contribution is 5.94. The summed E-state index contributed by atoms with van der Waals surface area (Å²) < 4.78 is 18.2. The number of carbonyl (C=O) groups excluding carboxylic acids is 1. The first-order valence-corrected chi connectivity index (χ1v) is 5.44. The fraction of sp³-hybridized carbons (Fsp3) is 0.364. The van der Waals surface area contributed by atoms with E-state index >= 15 is 0 Å². The molecule has 1 aromatic carbocycles. The van der Waals surface area contributed by atoms with Crippen LogP contribution in [0.5, 0.6) is 0 Å². The van der Waals surface area contributed by atoms with Crippen LogP contribution in [-0.2, 0) is 9.53 Å². The number of amides is 1. The monoisotopic (exact) mass is 254 g/mol. The van der Waals surface area contributed by atoms with Crippen LogP contribution in [0.4, 0.5) is 15.8 Å². The highest BCUT2D eigenvalue weighted by Crippen LogP contribution is 2.22. The summed E-state index contributed by atoms with van der Waals surface area (Å²) in [6, 6.07) is 3.21. The molecule has 0 radical (unpaired) electrons. The Balaban J connectivity index is 2.11. The predicted molar refractivity (Wildman–Crippen MR) is 60.7 cm³/mol. The van der Waals surface area contributed by atoms with E-state index in [0.29, 0.717) is 13.0 Å². The third-order valence-corrected chi connectivity index (χ3v) is 2.63. The number of benzene rings is 1. The largest absolute Gasteiger partial charge is 0.368 e. The molecule has 0 unspecified atom stereocenters. The Bertz CT molecular complexity index is 486. The number of halogens is 1. The third kappa shape index (κ3) is 2.62. The zero-order valence-electron chi connectivity index (χ0n) is 9.39. The molecule has 7 heteroatoms. The van der Waals surface area contributed by atoms with E-state index in [1.807, 2.05) is 0 Å². The van der Waals surface area contributed by atoms with Gasteiger partial charge in [-0.1, -0.05) is 0 Å². The van der Waals surface area contributed by atoms with Crippen molar-refractivity contribution in [2.45, 2.75) is 18.9 Å². The minimum atomic E-state index is -0.935. The normalized spacial score (nSPS) is 18.6. The highest BCUT2D eigenvalue weighted by Gasteiger charge is 2.24. The molecule has 1 atom stereocenters. The van der Waals surface area contributed by atoms with Crippen molar-refractivity contribution < 1.29 is 18.8 Å². The summed E-state index contributed by atoms with van der Waals surface area (Å²) in [5.74, 6) is -1.30. The first-order chi connectivity index (χ1) is 8.58. The summed E-state index contributed by atoms with van der Waals surface area (Å²) in [7, 11) is 0. The summed E-state index contributed by atoms with van der Waals surface area (Å²) in [5, 5.41) is 13.0. The van der Waals surface area contributed by atoms with E-state index in [1.165, 1.54) is 6.07 Å². The number of anilines is 1. The lowest BCUT2D eigenvalue weighted by Crippen LogP contribution is -2.26. The van der Waals surface area contributed by atoms with Gasteiger partial charge < -0.3 is 10.1 Å². The standard InChI is InChI=1S/C11H11FN2O4/c12-8-4-3-7(6-9(8)14(16)17)13-11(15)10-2-1-5-18-10/h3-4,6,10H,1-2,5H2,(H,13,15)/t10-/m0/s1. The van der Waals surface area contributed by atoms with Crippen LogP contribution in [0.2, 0.25) is 0 Å². The van der Waals surface area contributed by atoms with E-state index in [2.05, 4.69) is 5.32 Å². The van der Waals surface area contributed by atoms with Crippen LogP contribution in [0.15, 0.2) is 18.2 Å². The quantitative estimate of drug-likeness (QED) is 0.659. The van der Waals surface area contributed by atoms with E-state index in [4.69, 9.17) is 4.74 Å². The van der Waals surface area contributed by atoms with Crippen molar-refractivity contribution in [3.8, 4) is 0 Å². The average Bonchev–Trinajstić information content (AvgIpc) is 2.85. The molecular weight excluding hydrogens is 243 g/mol. The molecule has 1 amide bonds. The number of ether oxygens (including phenoxy) is 1. The molecule has 0 saturated carbocycles. The van der Waals surface area contributed by atoms with Crippen molar-refractivity contribution in [1.29, 1.82) is 0 Å². The molecule has 0 spiro atoms. The Morgan fingerprint density at radius 1 is 1.56 bits per heavy atom. The van der Waals surface area contributed by atoms with Crippen LogP contribution in [0, 0.1) is 15.9 Å². The second kappa shape index (κ2) is 5.09. The van der Waals surface area contributed by atoms with E-state index in [-0.39, 0.29) is 11.6 Å². The number of hydrogen-bond donors (Lipinski definition) is 1. The molecule has 1 aromatic rings. The first kappa shape index (κ1) is 12.4. The number of nitro groups is 1. The van der Waals surface area contributed by atoms with Gasteiger partial charge in [0.1, 0.15) is 6.10 Å². The zero-order chi connectivity index (χ0) is 13.1. The van der Waals surface area contributed by atoms with Crippen molar-refractivity contribution >= 4 is 17.3 Å². The van der Waals surface area contributed by atoms with Crippen molar-refractivity contribution in [1.82, 2.24) is 0 Å². The van der Waals surface area contributed by atoms with Crippen molar-refractivity contribution in [3.05, 3.63) is 34.1 Å². The molecule has 0 aromatic heterocycles. The lowest BCUT2D eigenvalue weighted by molar-refractivity contribution is -0.387. The molecule has 1 aliphatic heterocycles. The molecule has 1 saturated heterocycles. The maximum absolute atomic E-state index is 13.1. The number of nitrogens with one attached hydrogen (secondary N) is 1. The zero-order valence-corrected chi connectivity index (χ0v) is 9.39. The predicted octanol–water partition coefficient (Wildman–Crippen LogP) is 1.85. The molecular formula is C11H11FN2O4. The van der Waals surface area contributed by atoms with Gasteiger partial charge in [0.15, 0.2) is 0 Å². The van der Waals surface area contributed by atoms with Crippen LogP contribution < -0.4 is 5.32 Å². The van der Waals surface area contributed by atoms with Gasteiger partial charge in [-0.15, -0.1) is 0 Å². The van der Waals surface area contributed by atoms with E-state index in [0.717, 1.165) is 18.6 Å². The Morgan fingerprint density at radius 2 is 2.33 bits per heavy atom. The molecule has 0 bridgehead atoms. The molecule has 1 N–H and O–H groups in total. The minimum Gasteiger partial charge on any atom is -0.368 e. The summed E-state index contributed by atoms with van der Waals surface area (Å²) in [5.41, 5.74) is -0.483. The summed E-state index contributed by atoms with van der Waals surface area (Å²) in [6.45, 7) is 0.529. The maximum atomic E-state index is 13.1. The number of hydrogen-bond acceptors (Lipinski definition) is 4. The Kier molecular flexibility index (Phi) is 3.52. The molecule has 0 aliphatic carbocycles. The van der Waals surface area contributed by atoms with Gasteiger partial charge in [0.05, 0.1) is 4.92 Å². The molecule has 1 aliphatic rings. The number of nitrogens with zero attached hydrogens (tertiary/aromatic N) is 1. The van der Waals surface area contributed by atoms with Crippen LogP contribution in [0.3, 0.4) is 0 Å². The lowest BCUT2D eigenvalue weighted by atomic mass is 10.2. The van der Waals surface area contributed by atoms with Gasteiger partial charge in [-0.2, -0.15) is 4.39 Å². The van der Waals surface area contributed by atoms with Crippen LogP contribution in [0.1, 0.15) is 12.8 Å². The summed E-state index contributed by atoms with van der Waals surface area (Å²) in [6.07, 6.45) is 0.894. The number of carbonyl (C=O) groups is 1. The molecule has 18 heavy (non-hydrogen) atoms. The Labute approximate surface area is 102 Å². The molecule has 2 rings (SSSR count). The lowest BCUT2D eigenvalue weighted by Gasteiger charge is -2.10. The Hall–Kier alpha value is -2.02. The summed E-state index contributed by atoms with van der Waals surface area (Å²) in [4.78, 5) is 21.4. The number of rotatable bonds is 3. The van der Waals surface area contributed by atoms with Crippen LogP contribution in [0.25, 0.3) is 0 Å². The highest BCUT2D eigenvalue weighted by atomic mass is 19.1. The van der Waals surface area contributed by atoms with Gasteiger partial charge in [-0.05, 0) is 25.0 Å². The van der Waals surface area contributed by atoms with Gasteiger partial charge in [-0.25, -0.2) is 0 Å². The van der Waals surface area contributed by atoms with Crippen molar-refractivity contribution in [3.63, 3.8) is 0 Å². The molecule has 1 fully saturated rings. The van der Waals surface area contributed by atoms with E-state index in [9.17, 15) is 19.3 Å². The van der Waals surface area contributed by atoms with E-state index in [1.54, 1.807) is 0 Å². The fourth-order valence-electron chi connectivity index (χ4n) is 1.74. The van der Waals surface area contributed by atoms with Crippen LogP contribution >= 0.6 is 0 Å². The van der Waals surface area contributed by atoms with E-state index < -0.39 is 22.5 Å². The van der Waals surface area contributed by atoms with Gasteiger partial charge in [0.2, 0.25) is 5.82 Å². The number of nitro benzene ring substituents is 1. The molecule has 6 nitrogen and oxygen atoms in total. The van der Waals surface area contributed by atoms with Gasteiger partial charge in [0, 0.05) is 18.4 Å². The second-order valence-electron chi connectivity index (χ2n) is 3.91. The van der Waals surface area contributed by atoms with Gasteiger partial charge >= 0.3 is 5.69 Å². The molecule has 96 valence electrons. The topological polar surface area (TPSA) is 81.5 Å². The van der Waals surface area contributed by atoms with Gasteiger partial charge in [0.25, 0.3) is 5.91 Å². The van der Waals surface area contributed by atoms with Crippen LogP contribution in [-0.4, -0.2) is 23.5 Å². The summed E-state index contributed by atoms with van der Waals surface area (Å²) >= 11 is 0. The fourth-order valence-corrected chi connectivity index (χ4v) is 1.74. The van der Waals surface area contributed by atoms with Crippen molar-refractivity contribution in [2.24, 2.45) is 0 Å². The minimum absolute atomic E-state index is 0.184. The van der Waals surface area contributed by atoms with Gasteiger partial charge in [-0.3, -0.25) is 14.9 Å². The Morgan fingerprint density at radius 3 is 2.94 bits per heavy atom.